The quantitative estimate of drug-likeness (QED) is 0.426. The average Bonchev–Trinajstić information content (AvgIpc) is 3.15. The number of hydrogen-bond donors (Lipinski definition) is 0. The van der Waals surface area contributed by atoms with E-state index in [-0.39, 0.29) is 18.0 Å². The van der Waals surface area contributed by atoms with E-state index in [0.717, 1.165) is 46.8 Å². The molecule has 0 bridgehead atoms. The number of rotatable bonds is 6. The number of aromatic nitrogens is 3. The lowest BCUT2D eigenvalue weighted by Crippen LogP contribution is -2.31. The summed E-state index contributed by atoms with van der Waals surface area (Å²) in [7, 11) is 0. The smallest absolute Gasteiger partial charge is 0.302 e. The van der Waals surface area contributed by atoms with E-state index in [1.165, 1.54) is 6.92 Å². The SMILES string of the molecule is CC(=O)OC1CC(c2nc(-c3cccc(OCc4ccccc4)c3)n3ccncc23)C1. The zero-order valence-corrected chi connectivity index (χ0v) is 17.3. The molecule has 0 radical (unpaired) electrons. The number of esters is 1. The van der Waals surface area contributed by atoms with E-state index in [1.54, 1.807) is 6.20 Å². The van der Waals surface area contributed by atoms with Crippen LogP contribution in [-0.2, 0) is 16.1 Å². The summed E-state index contributed by atoms with van der Waals surface area (Å²) in [5.41, 5.74) is 4.09. The average molecular weight is 413 g/mol. The molecule has 0 unspecified atom stereocenters. The molecule has 0 saturated heterocycles. The van der Waals surface area contributed by atoms with Crippen LogP contribution in [0.4, 0.5) is 0 Å². The number of fused-ring (bicyclic) bond motifs is 1. The van der Waals surface area contributed by atoms with Crippen LogP contribution in [-0.4, -0.2) is 26.4 Å². The van der Waals surface area contributed by atoms with Gasteiger partial charge in [-0.2, -0.15) is 0 Å². The summed E-state index contributed by atoms with van der Waals surface area (Å²) in [6, 6.07) is 18.1. The largest absolute Gasteiger partial charge is 0.489 e. The van der Waals surface area contributed by atoms with E-state index in [1.807, 2.05) is 67.0 Å². The second-order valence-corrected chi connectivity index (χ2v) is 7.85. The van der Waals surface area contributed by atoms with Gasteiger partial charge in [0.15, 0.2) is 0 Å². The van der Waals surface area contributed by atoms with E-state index >= 15 is 0 Å². The molecule has 0 aliphatic heterocycles. The van der Waals surface area contributed by atoms with Gasteiger partial charge in [0.25, 0.3) is 0 Å². The van der Waals surface area contributed by atoms with Crippen molar-refractivity contribution in [3.05, 3.63) is 84.4 Å². The summed E-state index contributed by atoms with van der Waals surface area (Å²) >= 11 is 0. The summed E-state index contributed by atoms with van der Waals surface area (Å²) < 4.78 is 13.4. The van der Waals surface area contributed by atoms with Crippen LogP contribution in [0.15, 0.2) is 73.2 Å². The normalized spacial score (nSPS) is 17.8. The van der Waals surface area contributed by atoms with Gasteiger partial charge in [0, 0.05) is 30.8 Å². The van der Waals surface area contributed by atoms with Gasteiger partial charge in [-0.3, -0.25) is 14.2 Å². The minimum atomic E-state index is -0.229. The first kappa shape index (κ1) is 19.3. The zero-order valence-electron chi connectivity index (χ0n) is 17.3. The fraction of sp³-hybridized carbons (Fsp3) is 0.240. The number of carbonyl (C=O) groups is 1. The molecule has 2 aromatic carbocycles. The van der Waals surface area contributed by atoms with Crippen LogP contribution in [0, 0.1) is 0 Å². The maximum atomic E-state index is 11.2. The van der Waals surface area contributed by atoms with E-state index < -0.39 is 0 Å². The molecular formula is C25H23N3O3. The number of hydrogen-bond acceptors (Lipinski definition) is 5. The fourth-order valence-corrected chi connectivity index (χ4v) is 4.05. The van der Waals surface area contributed by atoms with Gasteiger partial charge in [-0.25, -0.2) is 4.98 Å². The number of ether oxygens (including phenoxy) is 2. The molecule has 0 atom stereocenters. The minimum Gasteiger partial charge on any atom is -0.489 e. The number of benzene rings is 2. The standard InChI is InChI=1S/C25H23N3O3/c1-17(29)31-22-13-20(14-22)24-23-15-26-10-11-28(23)25(27-24)19-8-5-9-21(12-19)30-16-18-6-3-2-4-7-18/h2-12,15,20,22H,13-14,16H2,1H3. The first-order valence-corrected chi connectivity index (χ1v) is 10.4. The summed E-state index contributed by atoms with van der Waals surface area (Å²) in [6.45, 7) is 1.97. The van der Waals surface area contributed by atoms with Crippen molar-refractivity contribution in [2.45, 2.75) is 38.4 Å². The van der Waals surface area contributed by atoms with Crippen molar-refractivity contribution in [3.63, 3.8) is 0 Å². The lowest BCUT2D eigenvalue weighted by Gasteiger charge is -2.33. The molecular weight excluding hydrogens is 390 g/mol. The van der Waals surface area contributed by atoms with Crippen LogP contribution >= 0.6 is 0 Å². The molecule has 2 aromatic heterocycles. The maximum Gasteiger partial charge on any atom is 0.302 e. The maximum absolute atomic E-state index is 11.2. The fourth-order valence-electron chi connectivity index (χ4n) is 4.05. The molecule has 0 spiro atoms. The predicted molar refractivity (Wildman–Crippen MR) is 117 cm³/mol. The van der Waals surface area contributed by atoms with Crippen molar-refractivity contribution in [1.82, 2.24) is 14.4 Å². The Bertz CT molecular complexity index is 1210. The molecule has 4 aromatic rings. The van der Waals surface area contributed by atoms with Crippen LogP contribution in [0.5, 0.6) is 5.75 Å². The molecule has 31 heavy (non-hydrogen) atoms. The Morgan fingerprint density at radius 2 is 1.97 bits per heavy atom. The third-order valence-corrected chi connectivity index (χ3v) is 5.63. The van der Waals surface area contributed by atoms with Crippen LogP contribution in [0.3, 0.4) is 0 Å². The van der Waals surface area contributed by atoms with Gasteiger partial charge in [0.1, 0.15) is 24.3 Å². The third-order valence-electron chi connectivity index (χ3n) is 5.63. The first-order chi connectivity index (χ1) is 15.2. The molecule has 2 heterocycles. The Balaban J connectivity index is 1.41. The van der Waals surface area contributed by atoms with Gasteiger partial charge in [-0.1, -0.05) is 42.5 Å². The number of imidazole rings is 1. The topological polar surface area (TPSA) is 65.7 Å². The summed E-state index contributed by atoms with van der Waals surface area (Å²) in [6.07, 6.45) is 7.11. The van der Waals surface area contributed by atoms with Gasteiger partial charge in [-0.15, -0.1) is 0 Å². The molecule has 0 N–H and O–H groups in total. The van der Waals surface area contributed by atoms with Crippen molar-refractivity contribution in [3.8, 4) is 17.1 Å². The Labute approximate surface area is 180 Å². The van der Waals surface area contributed by atoms with Gasteiger partial charge in [0.2, 0.25) is 0 Å². The number of nitrogens with zero attached hydrogens (tertiary/aromatic N) is 3. The molecule has 1 aliphatic carbocycles. The predicted octanol–water partition coefficient (Wildman–Crippen LogP) is 4.78. The van der Waals surface area contributed by atoms with Crippen molar-refractivity contribution >= 4 is 11.5 Å². The summed E-state index contributed by atoms with van der Waals surface area (Å²) in [5, 5.41) is 0. The van der Waals surface area contributed by atoms with E-state index in [4.69, 9.17) is 14.5 Å². The van der Waals surface area contributed by atoms with E-state index in [9.17, 15) is 4.79 Å². The lowest BCUT2D eigenvalue weighted by molar-refractivity contribution is -0.151. The molecule has 1 fully saturated rings. The molecule has 6 heteroatoms. The van der Waals surface area contributed by atoms with Crippen molar-refractivity contribution < 1.29 is 14.3 Å². The highest BCUT2D eigenvalue weighted by atomic mass is 16.5. The summed E-state index contributed by atoms with van der Waals surface area (Å²) in [4.78, 5) is 20.5. The molecule has 6 nitrogen and oxygen atoms in total. The second-order valence-electron chi connectivity index (χ2n) is 7.85. The minimum absolute atomic E-state index is 0.0194. The van der Waals surface area contributed by atoms with Crippen molar-refractivity contribution in [2.24, 2.45) is 0 Å². The highest BCUT2D eigenvalue weighted by Gasteiger charge is 2.35. The van der Waals surface area contributed by atoms with Gasteiger partial charge in [-0.05, 0) is 30.5 Å². The Kier molecular flexibility index (Phi) is 5.12. The van der Waals surface area contributed by atoms with Gasteiger partial charge in [0.05, 0.1) is 17.4 Å². The Morgan fingerprint density at radius 3 is 2.77 bits per heavy atom. The third kappa shape index (κ3) is 4.01. The zero-order chi connectivity index (χ0) is 21.2. The first-order valence-electron chi connectivity index (χ1n) is 10.4. The summed E-state index contributed by atoms with van der Waals surface area (Å²) in [5.74, 6) is 1.68. The highest BCUT2D eigenvalue weighted by molar-refractivity contribution is 5.68. The van der Waals surface area contributed by atoms with Gasteiger partial charge < -0.3 is 9.47 Å². The lowest BCUT2D eigenvalue weighted by atomic mass is 9.79. The molecule has 0 amide bonds. The molecule has 1 aliphatic rings. The van der Waals surface area contributed by atoms with Crippen LogP contribution < -0.4 is 4.74 Å². The second kappa shape index (κ2) is 8.22. The Hall–Kier alpha value is -3.67. The number of carbonyl (C=O) groups excluding carboxylic acids is 1. The van der Waals surface area contributed by atoms with Crippen LogP contribution in [0.2, 0.25) is 0 Å². The van der Waals surface area contributed by atoms with Crippen LogP contribution in [0.1, 0.15) is 36.9 Å². The monoisotopic (exact) mass is 413 g/mol. The van der Waals surface area contributed by atoms with Crippen LogP contribution in [0.25, 0.3) is 16.9 Å². The van der Waals surface area contributed by atoms with E-state index in [2.05, 4.69) is 9.38 Å². The van der Waals surface area contributed by atoms with Crippen molar-refractivity contribution in [1.29, 1.82) is 0 Å². The highest BCUT2D eigenvalue weighted by Crippen LogP contribution is 2.41. The molecule has 156 valence electrons. The van der Waals surface area contributed by atoms with E-state index in [0.29, 0.717) is 6.61 Å². The van der Waals surface area contributed by atoms with Crippen molar-refractivity contribution in [2.75, 3.05) is 0 Å². The van der Waals surface area contributed by atoms with Gasteiger partial charge >= 0.3 is 5.97 Å². The molecule has 1 saturated carbocycles. The Morgan fingerprint density at radius 1 is 1.13 bits per heavy atom. The molecule has 5 rings (SSSR count).